The van der Waals surface area contributed by atoms with E-state index in [1.807, 2.05) is 6.92 Å². The van der Waals surface area contributed by atoms with Crippen LogP contribution in [0.3, 0.4) is 0 Å². The second-order valence-corrected chi connectivity index (χ2v) is 8.36. The summed E-state index contributed by atoms with van der Waals surface area (Å²) in [6.07, 6.45) is 1.75. The van der Waals surface area contributed by atoms with Gasteiger partial charge in [-0.25, -0.2) is 0 Å². The van der Waals surface area contributed by atoms with Gasteiger partial charge in [-0.2, -0.15) is 17.0 Å². The Labute approximate surface area is 137 Å². The van der Waals surface area contributed by atoms with Crippen LogP contribution in [0.2, 0.25) is 0 Å². The van der Waals surface area contributed by atoms with E-state index in [0.29, 0.717) is 31.5 Å². The van der Waals surface area contributed by atoms with Gasteiger partial charge in [0.2, 0.25) is 0 Å². The van der Waals surface area contributed by atoms with Crippen molar-refractivity contribution in [3.8, 4) is 0 Å². The smallest absolute Gasteiger partial charge is 0.282 e. The van der Waals surface area contributed by atoms with Crippen molar-refractivity contribution in [2.75, 3.05) is 26.7 Å². The zero-order valence-corrected chi connectivity index (χ0v) is 16.0. The third-order valence-corrected chi connectivity index (χ3v) is 5.67. The molecule has 0 aromatic rings. The van der Waals surface area contributed by atoms with Gasteiger partial charge in [-0.3, -0.25) is 0 Å². The molecule has 0 rings (SSSR count). The second kappa shape index (κ2) is 10.8. The SMILES string of the molecule is CC(C)CCN(CCC(C)C)S(=O)(=O)N(C)C(C)CN.Cl. The van der Waals surface area contributed by atoms with Crippen molar-refractivity contribution in [1.82, 2.24) is 8.61 Å². The molecule has 130 valence electrons. The standard InChI is InChI=1S/C14H33N3O2S.ClH/c1-12(2)7-9-17(10-8-13(3)4)20(18,19)16(6)14(5)11-15;/h12-14H,7-11,15H2,1-6H3;1H. The summed E-state index contributed by atoms with van der Waals surface area (Å²) in [5.41, 5.74) is 5.59. The number of rotatable bonds is 10. The van der Waals surface area contributed by atoms with Crippen LogP contribution in [0.1, 0.15) is 47.5 Å². The minimum Gasteiger partial charge on any atom is -0.329 e. The number of hydrogen-bond acceptors (Lipinski definition) is 3. The van der Waals surface area contributed by atoms with Crippen molar-refractivity contribution in [1.29, 1.82) is 0 Å². The minimum atomic E-state index is -3.42. The second-order valence-electron chi connectivity index (χ2n) is 6.37. The molecule has 1 unspecified atom stereocenters. The van der Waals surface area contributed by atoms with E-state index < -0.39 is 10.2 Å². The molecule has 5 nitrogen and oxygen atoms in total. The van der Waals surface area contributed by atoms with E-state index in [0.717, 1.165) is 12.8 Å². The van der Waals surface area contributed by atoms with Gasteiger partial charge in [-0.05, 0) is 31.6 Å². The molecule has 21 heavy (non-hydrogen) atoms. The van der Waals surface area contributed by atoms with Gasteiger partial charge < -0.3 is 5.73 Å². The molecule has 0 aliphatic heterocycles. The lowest BCUT2D eigenvalue weighted by molar-refractivity contribution is 0.306. The van der Waals surface area contributed by atoms with Gasteiger partial charge >= 0.3 is 0 Å². The molecule has 0 bridgehead atoms. The van der Waals surface area contributed by atoms with Gasteiger partial charge in [-0.15, -0.1) is 12.4 Å². The summed E-state index contributed by atoms with van der Waals surface area (Å²) in [4.78, 5) is 0. The van der Waals surface area contributed by atoms with Crippen LogP contribution in [-0.4, -0.2) is 49.8 Å². The molecular weight excluding hydrogens is 310 g/mol. The first-order valence-electron chi connectivity index (χ1n) is 7.56. The lowest BCUT2D eigenvalue weighted by atomic mass is 10.1. The average molecular weight is 344 g/mol. The molecule has 0 saturated heterocycles. The maximum absolute atomic E-state index is 12.7. The molecule has 1 atom stereocenters. The first kappa shape index (κ1) is 23.4. The Hall–Kier alpha value is 0.120. The van der Waals surface area contributed by atoms with Gasteiger partial charge in [0.15, 0.2) is 0 Å². The Balaban J connectivity index is 0. The third-order valence-electron chi connectivity index (χ3n) is 3.56. The Morgan fingerprint density at radius 2 is 1.33 bits per heavy atom. The van der Waals surface area contributed by atoms with E-state index in [2.05, 4.69) is 27.7 Å². The van der Waals surface area contributed by atoms with Crippen molar-refractivity contribution in [2.24, 2.45) is 17.6 Å². The van der Waals surface area contributed by atoms with Crippen LogP contribution >= 0.6 is 12.4 Å². The molecule has 0 aliphatic carbocycles. The fourth-order valence-corrected chi connectivity index (χ4v) is 3.28. The van der Waals surface area contributed by atoms with Crippen molar-refractivity contribution < 1.29 is 8.42 Å². The zero-order valence-electron chi connectivity index (χ0n) is 14.4. The number of nitrogens with two attached hydrogens (primary N) is 1. The first-order chi connectivity index (χ1) is 9.12. The van der Waals surface area contributed by atoms with E-state index in [4.69, 9.17) is 5.73 Å². The molecule has 0 heterocycles. The van der Waals surface area contributed by atoms with Gasteiger partial charge in [0.25, 0.3) is 10.2 Å². The summed E-state index contributed by atoms with van der Waals surface area (Å²) in [5.74, 6) is 0.980. The summed E-state index contributed by atoms with van der Waals surface area (Å²) in [6.45, 7) is 11.8. The van der Waals surface area contributed by atoms with Crippen LogP contribution in [0.25, 0.3) is 0 Å². The normalized spacial score (nSPS) is 14.0. The van der Waals surface area contributed by atoms with Crippen LogP contribution in [-0.2, 0) is 10.2 Å². The fourth-order valence-electron chi connectivity index (χ4n) is 1.70. The quantitative estimate of drug-likeness (QED) is 0.662. The van der Waals surface area contributed by atoms with Gasteiger partial charge in [0, 0.05) is 32.7 Å². The highest BCUT2D eigenvalue weighted by Gasteiger charge is 2.29. The summed E-state index contributed by atoms with van der Waals surface area (Å²) in [7, 11) is -1.80. The van der Waals surface area contributed by atoms with E-state index in [1.54, 1.807) is 11.4 Å². The molecule has 0 saturated carbocycles. The predicted octanol–water partition coefficient (Wildman–Crippen LogP) is 2.33. The molecule has 0 aliphatic rings. The predicted molar refractivity (Wildman–Crippen MR) is 92.9 cm³/mol. The Morgan fingerprint density at radius 1 is 0.952 bits per heavy atom. The van der Waals surface area contributed by atoms with Gasteiger partial charge in [0.05, 0.1) is 0 Å². The summed E-state index contributed by atoms with van der Waals surface area (Å²) >= 11 is 0. The Bertz CT molecular complexity index is 349. The van der Waals surface area contributed by atoms with Crippen molar-refractivity contribution in [3.05, 3.63) is 0 Å². The van der Waals surface area contributed by atoms with Crippen molar-refractivity contribution in [3.63, 3.8) is 0 Å². The molecule has 0 aromatic carbocycles. The zero-order chi connectivity index (χ0) is 15.9. The largest absolute Gasteiger partial charge is 0.329 e. The van der Waals surface area contributed by atoms with Crippen molar-refractivity contribution >= 4 is 22.6 Å². The third kappa shape index (κ3) is 8.35. The van der Waals surface area contributed by atoms with E-state index in [9.17, 15) is 8.42 Å². The maximum Gasteiger partial charge on any atom is 0.282 e. The first-order valence-corrected chi connectivity index (χ1v) is 8.95. The Kier molecular flexibility index (Phi) is 12.0. The Morgan fingerprint density at radius 3 is 1.62 bits per heavy atom. The van der Waals surface area contributed by atoms with Crippen LogP contribution in [0, 0.1) is 11.8 Å². The number of nitrogens with zero attached hydrogens (tertiary/aromatic N) is 2. The highest BCUT2D eigenvalue weighted by Crippen LogP contribution is 2.15. The van der Waals surface area contributed by atoms with E-state index in [-0.39, 0.29) is 18.4 Å². The van der Waals surface area contributed by atoms with Gasteiger partial charge in [-0.1, -0.05) is 27.7 Å². The summed E-state index contributed by atoms with van der Waals surface area (Å²) in [6, 6.07) is -0.180. The molecule has 0 fully saturated rings. The highest BCUT2D eigenvalue weighted by atomic mass is 35.5. The highest BCUT2D eigenvalue weighted by molar-refractivity contribution is 7.86. The average Bonchev–Trinajstić information content (AvgIpc) is 2.35. The molecule has 0 amide bonds. The molecule has 7 heteroatoms. The molecule has 2 N–H and O–H groups in total. The van der Waals surface area contributed by atoms with E-state index >= 15 is 0 Å². The van der Waals surface area contributed by atoms with Gasteiger partial charge in [0.1, 0.15) is 0 Å². The molecule has 0 radical (unpaired) electrons. The topological polar surface area (TPSA) is 66.6 Å². The number of halogens is 1. The fraction of sp³-hybridized carbons (Fsp3) is 1.00. The summed E-state index contributed by atoms with van der Waals surface area (Å²) in [5, 5.41) is 0. The number of hydrogen-bond donors (Lipinski definition) is 1. The molecular formula is C14H34ClN3O2S. The van der Waals surface area contributed by atoms with Crippen LogP contribution < -0.4 is 5.73 Å². The monoisotopic (exact) mass is 343 g/mol. The lowest BCUT2D eigenvalue weighted by Gasteiger charge is -2.31. The molecule has 0 aromatic heterocycles. The number of likely N-dealkylation sites (N-methyl/N-ethyl adjacent to an activating group) is 1. The minimum absolute atomic E-state index is 0. The van der Waals surface area contributed by atoms with Crippen LogP contribution in [0.4, 0.5) is 0 Å². The lowest BCUT2D eigenvalue weighted by Crippen LogP contribution is -2.48. The summed E-state index contributed by atoms with van der Waals surface area (Å²) < 4.78 is 28.3. The molecule has 0 spiro atoms. The van der Waals surface area contributed by atoms with Crippen LogP contribution in [0.5, 0.6) is 0 Å². The van der Waals surface area contributed by atoms with Crippen molar-refractivity contribution in [2.45, 2.75) is 53.5 Å². The maximum atomic E-state index is 12.7. The van der Waals surface area contributed by atoms with E-state index in [1.165, 1.54) is 4.31 Å². The van der Waals surface area contributed by atoms with Crippen LogP contribution in [0.15, 0.2) is 0 Å².